The SMILES string of the molecule is CCNc1cc(OC)ccc1N. The molecule has 3 heteroatoms. The summed E-state index contributed by atoms with van der Waals surface area (Å²) in [5.74, 6) is 0.820. The fourth-order valence-electron chi connectivity index (χ4n) is 1.01. The van der Waals surface area contributed by atoms with Gasteiger partial charge in [0.2, 0.25) is 0 Å². The number of ether oxygens (including phenoxy) is 1. The molecule has 0 aliphatic rings. The number of rotatable bonds is 3. The number of anilines is 2. The summed E-state index contributed by atoms with van der Waals surface area (Å²) >= 11 is 0. The smallest absolute Gasteiger partial charge is 0.121 e. The fraction of sp³-hybridized carbons (Fsp3) is 0.333. The van der Waals surface area contributed by atoms with Crippen LogP contribution in [0.25, 0.3) is 0 Å². The summed E-state index contributed by atoms with van der Waals surface area (Å²) < 4.78 is 5.06. The summed E-state index contributed by atoms with van der Waals surface area (Å²) in [7, 11) is 1.64. The summed E-state index contributed by atoms with van der Waals surface area (Å²) in [6.45, 7) is 2.89. The van der Waals surface area contributed by atoms with Crippen molar-refractivity contribution in [2.75, 3.05) is 24.7 Å². The molecule has 66 valence electrons. The van der Waals surface area contributed by atoms with E-state index in [2.05, 4.69) is 5.32 Å². The molecule has 1 rings (SSSR count). The van der Waals surface area contributed by atoms with Crippen molar-refractivity contribution in [3.63, 3.8) is 0 Å². The maximum Gasteiger partial charge on any atom is 0.121 e. The van der Waals surface area contributed by atoms with E-state index in [-0.39, 0.29) is 0 Å². The zero-order valence-corrected chi connectivity index (χ0v) is 7.42. The van der Waals surface area contributed by atoms with E-state index < -0.39 is 0 Å². The van der Waals surface area contributed by atoms with Gasteiger partial charge in [-0.3, -0.25) is 0 Å². The Morgan fingerprint density at radius 1 is 1.50 bits per heavy atom. The predicted octanol–water partition coefficient (Wildman–Crippen LogP) is 1.71. The Labute approximate surface area is 72.5 Å². The first-order chi connectivity index (χ1) is 5.77. The topological polar surface area (TPSA) is 47.3 Å². The molecule has 0 bridgehead atoms. The van der Waals surface area contributed by atoms with Crippen molar-refractivity contribution in [2.24, 2.45) is 0 Å². The lowest BCUT2D eigenvalue weighted by Gasteiger charge is -2.08. The third kappa shape index (κ3) is 1.81. The van der Waals surface area contributed by atoms with Crippen molar-refractivity contribution in [3.05, 3.63) is 18.2 Å². The number of nitrogen functional groups attached to an aromatic ring is 1. The molecule has 1 aromatic carbocycles. The molecule has 3 N–H and O–H groups in total. The van der Waals surface area contributed by atoms with Crippen molar-refractivity contribution in [1.29, 1.82) is 0 Å². The van der Waals surface area contributed by atoms with Crippen molar-refractivity contribution in [1.82, 2.24) is 0 Å². The van der Waals surface area contributed by atoms with Crippen LogP contribution in [-0.2, 0) is 0 Å². The van der Waals surface area contributed by atoms with Gasteiger partial charge in [0, 0.05) is 12.6 Å². The van der Waals surface area contributed by atoms with Crippen LogP contribution in [-0.4, -0.2) is 13.7 Å². The largest absolute Gasteiger partial charge is 0.497 e. The second kappa shape index (κ2) is 3.85. The number of nitrogens with two attached hydrogens (primary N) is 1. The average Bonchev–Trinajstić information content (AvgIpc) is 2.09. The van der Waals surface area contributed by atoms with Gasteiger partial charge >= 0.3 is 0 Å². The third-order valence-corrected chi connectivity index (χ3v) is 1.63. The van der Waals surface area contributed by atoms with Gasteiger partial charge in [0.15, 0.2) is 0 Å². The highest BCUT2D eigenvalue weighted by molar-refractivity contribution is 5.68. The Balaban J connectivity index is 2.91. The molecule has 0 aromatic heterocycles. The van der Waals surface area contributed by atoms with Gasteiger partial charge in [-0.2, -0.15) is 0 Å². The van der Waals surface area contributed by atoms with Gasteiger partial charge in [0.1, 0.15) is 5.75 Å². The zero-order chi connectivity index (χ0) is 8.97. The van der Waals surface area contributed by atoms with E-state index >= 15 is 0 Å². The first kappa shape index (κ1) is 8.71. The van der Waals surface area contributed by atoms with E-state index in [0.717, 1.165) is 23.7 Å². The molecule has 0 aliphatic heterocycles. The first-order valence-corrected chi connectivity index (χ1v) is 3.95. The number of hydrogen-bond acceptors (Lipinski definition) is 3. The van der Waals surface area contributed by atoms with E-state index in [0.29, 0.717) is 0 Å². The molecule has 0 heterocycles. The lowest BCUT2D eigenvalue weighted by Crippen LogP contribution is -2.00. The summed E-state index contributed by atoms with van der Waals surface area (Å²) in [6, 6.07) is 5.56. The van der Waals surface area contributed by atoms with E-state index in [4.69, 9.17) is 10.5 Å². The number of nitrogens with one attached hydrogen (secondary N) is 1. The highest BCUT2D eigenvalue weighted by Gasteiger charge is 1.98. The number of benzene rings is 1. The van der Waals surface area contributed by atoms with Gasteiger partial charge in [0.25, 0.3) is 0 Å². The Bertz CT molecular complexity index is 261. The molecule has 3 nitrogen and oxygen atoms in total. The number of methoxy groups -OCH3 is 1. The Morgan fingerprint density at radius 3 is 2.83 bits per heavy atom. The summed E-state index contributed by atoms with van der Waals surface area (Å²) in [4.78, 5) is 0. The second-order valence-electron chi connectivity index (χ2n) is 2.48. The summed E-state index contributed by atoms with van der Waals surface area (Å²) in [6.07, 6.45) is 0. The number of hydrogen-bond donors (Lipinski definition) is 2. The van der Waals surface area contributed by atoms with Crippen LogP contribution in [0.15, 0.2) is 18.2 Å². The first-order valence-electron chi connectivity index (χ1n) is 3.95. The minimum Gasteiger partial charge on any atom is -0.497 e. The quantitative estimate of drug-likeness (QED) is 0.672. The zero-order valence-electron chi connectivity index (χ0n) is 7.42. The molecule has 1 aromatic rings. The van der Waals surface area contributed by atoms with Crippen LogP contribution in [0.5, 0.6) is 5.75 Å². The lowest BCUT2D eigenvalue weighted by atomic mass is 10.2. The standard InChI is InChI=1S/C9H14N2O/c1-3-11-9-6-7(12-2)4-5-8(9)10/h4-6,11H,3,10H2,1-2H3. The minimum absolute atomic E-state index is 0.748. The van der Waals surface area contributed by atoms with Gasteiger partial charge in [-0.05, 0) is 19.1 Å². The second-order valence-corrected chi connectivity index (χ2v) is 2.48. The highest BCUT2D eigenvalue weighted by atomic mass is 16.5. The Morgan fingerprint density at radius 2 is 2.25 bits per heavy atom. The van der Waals surface area contributed by atoms with Crippen LogP contribution in [0.1, 0.15) is 6.92 Å². The molecule has 0 spiro atoms. The fourth-order valence-corrected chi connectivity index (χ4v) is 1.01. The molecular weight excluding hydrogens is 152 g/mol. The van der Waals surface area contributed by atoms with Crippen LogP contribution in [0.3, 0.4) is 0 Å². The molecule has 0 saturated heterocycles. The predicted molar refractivity (Wildman–Crippen MR) is 51.6 cm³/mol. The molecule has 0 atom stereocenters. The van der Waals surface area contributed by atoms with Gasteiger partial charge in [-0.1, -0.05) is 0 Å². The summed E-state index contributed by atoms with van der Waals surface area (Å²) in [5, 5.41) is 3.15. The van der Waals surface area contributed by atoms with Crippen LogP contribution in [0, 0.1) is 0 Å². The van der Waals surface area contributed by atoms with Crippen LogP contribution < -0.4 is 15.8 Å². The van der Waals surface area contributed by atoms with Crippen molar-refractivity contribution in [3.8, 4) is 5.75 Å². The lowest BCUT2D eigenvalue weighted by molar-refractivity contribution is 0.415. The monoisotopic (exact) mass is 166 g/mol. The van der Waals surface area contributed by atoms with Gasteiger partial charge < -0.3 is 15.8 Å². The Kier molecular flexibility index (Phi) is 2.80. The van der Waals surface area contributed by atoms with Gasteiger partial charge in [-0.15, -0.1) is 0 Å². The maximum atomic E-state index is 5.71. The normalized spacial score (nSPS) is 9.50. The van der Waals surface area contributed by atoms with Crippen LogP contribution >= 0.6 is 0 Å². The molecule has 0 unspecified atom stereocenters. The van der Waals surface area contributed by atoms with Crippen molar-refractivity contribution in [2.45, 2.75) is 6.92 Å². The van der Waals surface area contributed by atoms with E-state index in [9.17, 15) is 0 Å². The molecule has 0 fully saturated rings. The third-order valence-electron chi connectivity index (χ3n) is 1.63. The molecule has 12 heavy (non-hydrogen) atoms. The van der Waals surface area contributed by atoms with E-state index in [1.54, 1.807) is 7.11 Å². The van der Waals surface area contributed by atoms with E-state index in [1.807, 2.05) is 25.1 Å². The molecular formula is C9H14N2O. The molecule has 0 saturated carbocycles. The molecule has 0 aliphatic carbocycles. The van der Waals surface area contributed by atoms with E-state index in [1.165, 1.54) is 0 Å². The average molecular weight is 166 g/mol. The van der Waals surface area contributed by atoms with Gasteiger partial charge in [0.05, 0.1) is 18.5 Å². The van der Waals surface area contributed by atoms with Crippen molar-refractivity contribution >= 4 is 11.4 Å². The summed E-state index contributed by atoms with van der Waals surface area (Å²) in [5.41, 5.74) is 7.39. The minimum atomic E-state index is 0.748. The Hall–Kier alpha value is -1.38. The molecule has 0 radical (unpaired) electrons. The van der Waals surface area contributed by atoms with Gasteiger partial charge in [-0.25, -0.2) is 0 Å². The maximum absolute atomic E-state index is 5.71. The van der Waals surface area contributed by atoms with Crippen LogP contribution in [0.4, 0.5) is 11.4 Å². The highest BCUT2D eigenvalue weighted by Crippen LogP contribution is 2.23. The molecule has 0 amide bonds. The van der Waals surface area contributed by atoms with Crippen LogP contribution in [0.2, 0.25) is 0 Å². The van der Waals surface area contributed by atoms with Crippen molar-refractivity contribution < 1.29 is 4.74 Å².